The van der Waals surface area contributed by atoms with Gasteiger partial charge in [-0.25, -0.2) is 13.9 Å². The van der Waals surface area contributed by atoms with E-state index in [-0.39, 0.29) is 35.4 Å². The van der Waals surface area contributed by atoms with Crippen LogP contribution in [0.4, 0.5) is 5.69 Å². The van der Waals surface area contributed by atoms with Gasteiger partial charge in [0.05, 0.1) is 12.0 Å². The molecule has 13 heteroatoms. The van der Waals surface area contributed by atoms with Crippen molar-refractivity contribution >= 4 is 42.5 Å². The fraction of sp³-hybridized carbons (Fsp3) is 0.731. The van der Waals surface area contributed by atoms with Gasteiger partial charge >= 0.3 is 13.6 Å². The number of nitrogens with zero attached hydrogens (tertiary/aromatic N) is 4. The summed E-state index contributed by atoms with van der Waals surface area (Å²) >= 11 is 12.4. The first-order valence-electron chi connectivity index (χ1n) is 13.8. The highest BCUT2D eigenvalue weighted by Crippen LogP contribution is 2.60. The van der Waals surface area contributed by atoms with Gasteiger partial charge in [0.1, 0.15) is 5.75 Å². The highest BCUT2D eigenvalue weighted by Gasteiger charge is 2.55. The Morgan fingerprint density at radius 2 is 1.82 bits per heavy atom. The van der Waals surface area contributed by atoms with Crippen molar-refractivity contribution < 1.29 is 23.5 Å². The topological polar surface area (TPSA) is 105 Å². The van der Waals surface area contributed by atoms with Crippen molar-refractivity contribution in [1.29, 1.82) is 0 Å². The van der Waals surface area contributed by atoms with Crippen LogP contribution in [0, 0.1) is 22.0 Å². The normalized spacial score (nSPS) is 27.0. The van der Waals surface area contributed by atoms with Gasteiger partial charge in [-0.05, 0) is 75.6 Å². The third-order valence-electron chi connectivity index (χ3n) is 8.39. The molecule has 1 aromatic rings. The SMILES string of the molecule is COC(=O)CCCC1[C@H]2CCCN3CCC[C@H](CN1P(=O)(Oc1ccc([N+](=O)[O-])cc1)N(CCCl)CCCl)[C@@H]23. The first-order valence-corrected chi connectivity index (χ1v) is 16.4. The molecule has 0 amide bonds. The summed E-state index contributed by atoms with van der Waals surface area (Å²) in [6.07, 6.45) is 5.87. The van der Waals surface area contributed by atoms with E-state index >= 15 is 4.57 Å². The van der Waals surface area contributed by atoms with Crippen LogP contribution in [0.15, 0.2) is 24.3 Å². The Labute approximate surface area is 240 Å². The summed E-state index contributed by atoms with van der Waals surface area (Å²) in [6, 6.07) is 6.04. The largest absolute Gasteiger partial charge is 0.469 e. The number of hydrogen-bond acceptors (Lipinski definition) is 7. The number of non-ortho nitro benzene ring substituents is 1. The van der Waals surface area contributed by atoms with Crippen molar-refractivity contribution in [2.24, 2.45) is 11.8 Å². The molecule has 0 aromatic heterocycles. The zero-order chi connectivity index (χ0) is 28.0. The van der Waals surface area contributed by atoms with Crippen LogP contribution in [0.1, 0.15) is 44.9 Å². The van der Waals surface area contributed by atoms with E-state index in [0.29, 0.717) is 56.6 Å². The average molecular weight is 606 g/mol. The molecule has 0 N–H and O–H groups in total. The predicted octanol–water partition coefficient (Wildman–Crippen LogP) is 5.38. The van der Waals surface area contributed by atoms with Gasteiger partial charge in [-0.1, -0.05) is 0 Å². The Kier molecular flexibility index (Phi) is 10.9. The smallest absolute Gasteiger partial charge is 0.396 e. The molecule has 218 valence electrons. The lowest BCUT2D eigenvalue weighted by molar-refractivity contribution is -0.384. The van der Waals surface area contributed by atoms with Crippen molar-refractivity contribution in [1.82, 2.24) is 14.2 Å². The van der Waals surface area contributed by atoms with E-state index in [0.717, 1.165) is 38.8 Å². The first-order chi connectivity index (χ1) is 18.8. The highest BCUT2D eigenvalue weighted by molar-refractivity contribution is 7.54. The summed E-state index contributed by atoms with van der Waals surface area (Å²) in [4.78, 5) is 25.3. The molecule has 3 heterocycles. The standard InChI is InChI=1S/C26H39Cl2N4O6P/c1-37-25(33)8-2-7-24-23-6-4-16-29-15-3-5-20(26(23)29)19-31(24)39(36,30(17-13-27)18-14-28)38-22-11-9-21(10-12-22)32(34)35/h9-12,20,23-24,26H,2-8,13-19H2,1H3/t20-,23-,24?,26+,39?/m1/s1. The van der Waals surface area contributed by atoms with Crippen LogP contribution in [0.3, 0.4) is 0 Å². The summed E-state index contributed by atoms with van der Waals surface area (Å²) in [5, 5.41) is 11.2. The van der Waals surface area contributed by atoms with Gasteiger partial charge in [0.2, 0.25) is 0 Å². The third kappa shape index (κ3) is 6.91. The first kappa shape index (κ1) is 30.5. The van der Waals surface area contributed by atoms with Crippen LogP contribution in [0.5, 0.6) is 5.75 Å². The number of nitro groups is 1. The molecule has 2 unspecified atom stereocenters. The third-order valence-corrected chi connectivity index (χ3v) is 11.4. The lowest BCUT2D eigenvalue weighted by Gasteiger charge is -2.58. The Balaban J connectivity index is 1.73. The lowest BCUT2D eigenvalue weighted by atomic mass is 9.70. The average Bonchev–Trinajstić information content (AvgIpc) is 2.94. The maximum absolute atomic E-state index is 15.3. The van der Waals surface area contributed by atoms with E-state index in [1.54, 1.807) is 4.67 Å². The second-order valence-corrected chi connectivity index (χ2v) is 13.6. The van der Waals surface area contributed by atoms with E-state index in [1.807, 2.05) is 0 Å². The van der Waals surface area contributed by atoms with Crippen molar-refractivity contribution in [3.8, 4) is 5.75 Å². The fourth-order valence-corrected chi connectivity index (χ4v) is 10.2. The van der Waals surface area contributed by atoms with Gasteiger partial charge in [0.25, 0.3) is 5.69 Å². The number of methoxy groups -OCH3 is 1. The van der Waals surface area contributed by atoms with Crippen LogP contribution in [0.2, 0.25) is 0 Å². The molecule has 0 aliphatic carbocycles. The molecular weight excluding hydrogens is 566 g/mol. The molecule has 39 heavy (non-hydrogen) atoms. The zero-order valence-corrected chi connectivity index (χ0v) is 24.9. The molecular formula is C26H39Cl2N4O6P. The number of benzene rings is 1. The summed E-state index contributed by atoms with van der Waals surface area (Å²) in [6.45, 7) is 3.41. The molecule has 0 saturated carbocycles. The summed E-state index contributed by atoms with van der Waals surface area (Å²) in [7, 11) is -2.35. The van der Waals surface area contributed by atoms with Gasteiger partial charge in [-0.2, -0.15) is 0 Å². The molecule has 3 saturated heterocycles. The number of rotatable bonds is 13. The van der Waals surface area contributed by atoms with E-state index in [9.17, 15) is 14.9 Å². The Morgan fingerprint density at radius 3 is 2.44 bits per heavy atom. The molecule has 3 aliphatic heterocycles. The molecule has 0 radical (unpaired) electrons. The lowest BCUT2D eigenvalue weighted by Crippen LogP contribution is -2.64. The molecule has 0 spiro atoms. The monoisotopic (exact) mass is 604 g/mol. The number of hydrogen-bond donors (Lipinski definition) is 0. The molecule has 5 atom stereocenters. The van der Waals surface area contributed by atoms with E-state index in [4.69, 9.17) is 32.5 Å². The number of alkyl halides is 2. The number of ether oxygens (including phenoxy) is 1. The van der Waals surface area contributed by atoms with Gasteiger partial charge < -0.3 is 9.26 Å². The number of esters is 1. The number of halogens is 2. The van der Waals surface area contributed by atoms with E-state index in [2.05, 4.69) is 9.57 Å². The Bertz CT molecular complexity index is 1030. The van der Waals surface area contributed by atoms with Crippen molar-refractivity contribution in [2.75, 3.05) is 51.6 Å². The number of carbonyl (C=O) groups excluding carboxylic acids is 1. The van der Waals surface area contributed by atoms with Crippen LogP contribution in [-0.4, -0.2) is 88.8 Å². The van der Waals surface area contributed by atoms with Crippen molar-refractivity contribution in [3.05, 3.63) is 34.4 Å². The van der Waals surface area contributed by atoms with Crippen LogP contribution < -0.4 is 4.52 Å². The number of nitro benzene ring substituents is 1. The second-order valence-electron chi connectivity index (χ2n) is 10.6. The zero-order valence-electron chi connectivity index (χ0n) is 22.5. The van der Waals surface area contributed by atoms with Crippen LogP contribution in [-0.2, 0) is 14.1 Å². The fourth-order valence-electron chi connectivity index (χ4n) is 6.78. The predicted molar refractivity (Wildman–Crippen MR) is 152 cm³/mol. The minimum Gasteiger partial charge on any atom is -0.469 e. The number of carbonyl (C=O) groups is 1. The molecule has 1 aromatic carbocycles. The maximum atomic E-state index is 15.3. The highest BCUT2D eigenvalue weighted by atomic mass is 35.5. The second kappa shape index (κ2) is 14.0. The molecule has 10 nitrogen and oxygen atoms in total. The quantitative estimate of drug-likeness (QED) is 0.0964. The summed E-state index contributed by atoms with van der Waals surface area (Å²) < 4.78 is 30.4. The molecule has 3 fully saturated rings. The minimum atomic E-state index is -3.74. The van der Waals surface area contributed by atoms with Gasteiger partial charge in [-0.3, -0.25) is 19.8 Å². The molecule has 3 aliphatic rings. The summed E-state index contributed by atoms with van der Waals surface area (Å²) in [5.41, 5.74) is -0.0680. The summed E-state index contributed by atoms with van der Waals surface area (Å²) in [5.74, 6) is 1.17. The minimum absolute atomic E-state index is 0.0680. The van der Waals surface area contributed by atoms with E-state index in [1.165, 1.54) is 31.4 Å². The molecule has 0 bridgehead atoms. The van der Waals surface area contributed by atoms with E-state index < -0.39 is 12.6 Å². The van der Waals surface area contributed by atoms with Crippen LogP contribution in [0.25, 0.3) is 0 Å². The Hall–Kier alpha value is -1.42. The van der Waals surface area contributed by atoms with Gasteiger partial charge in [0, 0.05) is 62.0 Å². The van der Waals surface area contributed by atoms with Crippen molar-refractivity contribution in [2.45, 2.75) is 57.0 Å². The van der Waals surface area contributed by atoms with Crippen LogP contribution >= 0.6 is 30.9 Å². The molecule has 4 rings (SSSR count). The van der Waals surface area contributed by atoms with Gasteiger partial charge in [0.15, 0.2) is 0 Å². The Morgan fingerprint density at radius 1 is 1.15 bits per heavy atom. The van der Waals surface area contributed by atoms with Gasteiger partial charge in [-0.15, -0.1) is 23.2 Å². The maximum Gasteiger partial charge on any atom is 0.396 e. The number of piperidine rings is 3. The van der Waals surface area contributed by atoms with Crippen molar-refractivity contribution in [3.63, 3.8) is 0 Å².